The van der Waals surface area contributed by atoms with Gasteiger partial charge < -0.3 is 0 Å². The van der Waals surface area contributed by atoms with E-state index in [2.05, 4.69) is 42.3 Å². The van der Waals surface area contributed by atoms with Gasteiger partial charge in [-0.1, -0.05) is 44.2 Å². The molecule has 0 amide bonds. The molecule has 0 N–H and O–H groups in total. The van der Waals surface area contributed by atoms with Crippen molar-refractivity contribution >= 4 is 5.78 Å². The summed E-state index contributed by atoms with van der Waals surface area (Å²) in [6.07, 6.45) is 3.58. The Labute approximate surface area is 122 Å². The van der Waals surface area contributed by atoms with E-state index in [4.69, 9.17) is 0 Å². The van der Waals surface area contributed by atoms with Gasteiger partial charge in [0.15, 0.2) is 0 Å². The molecule has 2 heteroatoms. The number of benzene rings is 1. The van der Waals surface area contributed by atoms with Crippen LogP contribution < -0.4 is 0 Å². The van der Waals surface area contributed by atoms with Gasteiger partial charge in [-0.2, -0.15) is 0 Å². The number of hydrogen-bond acceptors (Lipinski definition) is 2. The molecule has 2 aliphatic rings. The molecular formula is C18H25NO. The molecule has 1 aromatic rings. The molecule has 4 unspecified atom stereocenters. The normalized spacial score (nSPS) is 33.6. The average molecular weight is 271 g/mol. The molecule has 2 nitrogen and oxygen atoms in total. The van der Waals surface area contributed by atoms with Crippen molar-refractivity contribution in [3.05, 3.63) is 35.9 Å². The monoisotopic (exact) mass is 271 g/mol. The highest BCUT2D eigenvalue weighted by atomic mass is 16.1. The van der Waals surface area contributed by atoms with E-state index in [1.165, 1.54) is 18.4 Å². The molecule has 108 valence electrons. The summed E-state index contributed by atoms with van der Waals surface area (Å²) in [4.78, 5) is 15.3. The molecule has 2 aliphatic heterocycles. The standard InChI is InChI=1S/C18H25NO/c1-12(2)18(20)17-15(13-7-5-4-6-8-13)11-14-9-10-16(17)19(14)3/h4-8,12,14-17H,9-11H2,1-3H3. The number of hydrogen-bond donors (Lipinski definition) is 0. The zero-order valence-electron chi connectivity index (χ0n) is 12.8. The lowest BCUT2D eigenvalue weighted by molar-refractivity contribution is -0.130. The fourth-order valence-corrected chi connectivity index (χ4v) is 4.28. The van der Waals surface area contributed by atoms with Crippen LogP contribution in [0.2, 0.25) is 0 Å². The van der Waals surface area contributed by atoms with Gasteiger partial charge in [-0.25, -0.2) is 0 Å². The van der Waals surface area contributed by atoms with Crippen molar-refractivity contribution in [1.29, 1.82) is 0 Å². The van der Waals surface area contributed by atoms with Crippen LogP contribution in [0.4, 0.5) is 0 Å². The van der Waals surface area contributed by atoms with Crippen LogP contribution in [0.15, 0.2) is 30.3 Å². The van der Waals surface area contributed by atoms with E-state index in [9.17, 15) is 4.79 Å². The predicted molar refractivity (Wildman–Crippen MR) is 81.7 cm³/mol. The number of rotatable bonds is 3. The van der Waals surface area contributed by atoms with E-state index in [-0.39, 0.29) is 11.8 Å². The Morgan fingerprint density at radius 3 is 2.55 bits per heavy atom. The molecular weight excluding hydrogens is 246 g/mol. The van der Waals surface area contributed by atoms with Crippen LogP contribution in [0.3, 0.4) is 0 Å². The zero-order valence-corrected chi connectivity index (χ0v) is 12.8. The highest BCUT2D eigenvalue weighted by Gasteiger charge is 2.48. The third-order valence-electron chi connectivity index (χ3n) is 5.39. The molecule has 3 rings (SSSR count). The van der Waals surface area contributed by atoms with E-state index in [1.807, 2.05) is 13.8 Å². The molecule has 2 saturated heterocycles. The van der Waals surface area contributed by atoms with Gasteiger partial charge in [0.25, 0.3) is 0 Å². The summed E-state index contributed by atoms with van der Waals surface area (Å²) in [6, 6.07) is 11.8. The third kappa shape index (κ3) is 2.20. The lowest BCUT2D eigenvalue weighted by atomic mass is 9.72. The Morgan fingerprint density at radius 1 is 1.20 bits per heavy atom. The summed E-state index contributed by atoms with van der Waals surface area (Å²) in [6.45, 7) is 4.09. The van der Waals surface area contributed by atoms with Crippen LogP contribution in [-0.2, 0) is 4.79 Å². The molecule has 0 radical (unpaired) electrons. The maximum atomic E-state index is 12.8. The number of Topliss-reactive ketones (excluding diaryl/α,β-unsaturated/α-hetero) is 1. The Hall–Kier alpha value is -1.15. The number of nitrogens with zero attached hydrogens (tertiary/aromatic N) is 1. The van der Waals surface area contributed by atoms with Crippen molar-refractivity contribution in [2.24, 2.45) is 11.8 Å². The van der Waals surface area contributed by atoms with Gasteiger partial charge in [0, 0.05) is 23.9 Å². The number of fused-ring (bicyclic) bond motifs is 2. The molecule has 2 bridgehead atoms. The molecule has 0 spiro atoms. The number of ketones is 1. The van der Waals surface area contributed by atoms with Gasteiger partial charge in [-0.3, -0.25) is 9.69 Å². The van der Waals surface area contributed by atoms with Crippen molar-refractivity contribution in [3.63, 3.8) is 0 Å². The first-order chi connectivity index (χ1) is 9.59. The second-order valence-corrected chi connectivity index (χ2v) is 6.80. The lowest BCUT2D eigenvalue weighted by Crippen LogP contribution is -2.49. The van der Waals surface area contributed by atoms with E-state index < -0.39 is 0 Å². The van der Waals surface area contributed by atoms with Gasteiger partial charge in [-0.15, -0.1) is 0 Å². The Morgan fingerprint density at radius 2 is 1.90 bits per heavy atom. The van der Waals surface area contributed by atoms with Crippen LogP contribution in [0.25, 0.3) is 0 Å². The molecule has 4 atom stereocenters. The molecule has 0 saturated carbocycles. The number of carbonyl (C=O) groups excluding carboxylic acids is 1. The van der Waals surface area contributed by atoms with Gasteiger partial charge in [-0.05, 0) is 37.8 Å². The van der Waals surface area contributed by atoms with E-state index in [1.54, 1.807) is 0 Å². The van der Waals surface area contributed by atoms with Crippen molar-refractivity contribution in [1.82, 2.24) is 4.90 Å². The number of piperidine rings is 1. The largest absolute Gasteiger partial charge is 0.300 e. The van der Waals surface area contributed by atoms with Crippen molar-refractivity contribution in [2.75, 3.05) is 7.05 Å². The van der Waals surface area contributed by atoms with Gasteiger partial charge >= 0.3 is 0 Å². The van der Waals surface area contributed by atoms with E-state index >= 15 is 0 Å². The second kappa shape index (κ2) is 5.33. The van der Waals surface area contributed by atoms with Crippen molar-refractivity contribution in [3.8, 4) is 0 Å². The van der Waals surface area contributed by atoms with Gasteiger partial charge in [0.1, 0.15) is 5.78 Å². The average Bonchev–Trinajstić information content (AvgIpc) is 2.70. The smallest absolute Gasteiger partial charge is 0.140 e. The van der Waals surface area contributed by atoms with Gasteiger partial charge in [0.05, 0.1) is 0 Å². The fourth-order valence-electron chi connectivity index (χ4n) is 4.28. The Bertz CT molecular complexity index is 481. The molecule has 20 heavy (non-hydrogen) atoms. The quantitative estimate of drug-likeness (QED) is 0.839. The predicted octanol–water partition coefficient (Wildman–Crippen LogP) is 3.48. The van der Waals surface area contributed by atoms with Gasteiger partial charge in [0.2, 0.25) is 0 Å². The third-order valence-corrected chi connectivity index (χ3v) is 5.39. The summed E-state index contributed by atoms with van der Waals surface area (Å²) in [7, 11) is 2.21. The van der Waals surface area contributed by atoms with E-state index in [0.29, 0.717) is 23.8 Å². The minimum atomic E-state index is 0.136. The first-order valence-corrected chi connectivity index (χ1v) is 7.90. The minimum Gasteiger partial charge on any atom is -0.300 e. The summed E-state index contributed by atoms with van der Waals surface area (Å²) in [5.74, 6) is 1.19. The van der Waals surface area contributed by atoms with E-state index in [0.717, 1.165) is 6.42 Å². The highest BCUT2D eigenvalue weighted by molar-refractivity contribution is 5.84. The fraction of sp³-hybridized carbons (Fsp3) is 0.611. The first kappa shape index (κ1) is 13.8. The maximum Gasteiger partial charge on any atom is 0.140 e. The lowest BCUT2D eigenvalue weighted by Gasteiger charge is -2.43. The molecule has 1 aromatic carbocycles. The number of carbonyl (C=O) groups is 1. The van der Waals surface area contributed by atoms with Crippen molar-refractivity contribution in [2.45, 2.75) is 51.1 Å². The molecule has 0 aliphatic carbocycles. The maximum absolute atomic E-state index is 12.8. The summed E-state index contributed by atoms with van der Waals surface area (Å²) < 4.78 is 0. The van der Waals surface area contributed by atoms with Crippen LogP contribution in [-0.4, -0.2) is 29.8 Å². The molecule has 0 aromatic heterocycles. The molecule has 2 fully saturated rings. The van der Waals surface area contributed by atoms with Crippen LogP contribution >= 0.6 is 0 Å². The zero-order chi connectivity index (χ0) is 14.3. The van der Waals surface area contributed by atoms with Crippen molar-refractivity contribution < 1.29 is 4.79 Å². The molecule has 2 heterocycles. The minimum absolute atomic E-state index is 0.136. The SMILES string of the molecule is CC(C)C(=O)C1C(c2ccccc2)CC2CCC1N2C. The Balaban J connectivity index is 1.97. The summed E-state index contributed by atoms with van der Waals surface area (Å²) in [5.41, 5.74) is 1.36. The van der Waals surface area contributed by atoms with Crippen LogP contribution in [0.1, 0.15) is 44.6 Å². The first-order valence-electron chi connectivity index (χ1n) is 7.90. The summed E-state index contributed by atoms with van der Waals surface area (Å²) >= 11 is 0. The van der Waals surface area contributed by atoms with Crippen LogP contribution in [0, 0.1) is 11.8 Å². The second-order valence-electron chi connectivity index (χ2n) is 6.80. The topological polar surface area (TPSA) is 20.3 Å². The van der Waals surface area contributed by atoms with Crippen LogP contribution in [0.5, 0.6) is 0 Å². The summed E-state index contributed by atoms with van der Waals surface area (Å²) in [5, 5.41) is 0. The highest BCUT2D eigenvalue weighted by Crippen LogP contribution is 2.47. The Kier molecular flexibility index (Phi) is 3.68.